The van der Waals surface area contributed by atoms with Crippen LogP contribution in [0.1, 0.15) is 13.8 Å². The van der Waals surface area contributed by atoms with Gasteiger partial charge in [-0.3, -0.25) is 0 Å². The topological polar surface area (TPSA) is 32.6 Å². The maximum absolute atomic E-state index is 8.18. The molecule has 0 heterocycles. The number of hydrogen-bond acceptors (Lipinski definition) is 2. The van der Waals surface area contributed by atoms with E-state index in [9.17, 15) is 0 Å². The van der Waals surface area contributed by atoms with E-state index in [1.54, 1.807) is 13.0 Å². The molecule has 0 spiro atoms. The fraction of sp³-hybridized carbons (Fsp3) is 0.500. The summed E-state index contributed by atoms with van der Waals surface area (Å²) in [6.07, 6.45) is 1.73. The third kappa shape index (κ3) is 1.78. The summed E-state index contributed by atoms with van der Waals surface area (Å²) in [6, 6.07) is 0. The molecule has 0 saturated heterocycles. The van der Waals surface area contributed by atoms with Gasteiger partial charge in [0, 0.05) is 5.92 Å². The Morgan fingerprint density at radius 1 is 1.88 bits per heavy atom. The predicted octanol–water partition coefficient (Wildman–Crippen LogP) is 1.66. The molecule has 1 unspecified atom stereocenters. The van der Waals surface area contributed by atoms with E-state index in [-0.39, 0.29) is 5.92 Å². The average Bonchev–Trinajstić information content (AvgIpc) is 1.84. The smallest absolute Gasteiger partial charge is 0.0605 e. The van der Waals surface area contributed by atoms with E-state index in [4.69, 9.17) is 5.21 Å². The van der Waals surface area contributed by atoms with Gasteiger partial charge in [0.1, 0.15) is 0 Å². The first-order valence-electron chi connectivity index (χ1n) is 2.53. The molecule has 0 aliphatic heterocycles. The van der Waals surface area contributed by atoms with Crippen molar-refractivity contribution in [1.82, 2.24) is 0 Å². The van der Waals surface area contributed by atoms with Crippen molar-refractivity contribution in [2.24, 2.45) is 11.1 Å². The van der Waals surface area contributed by atoms with Crippen LogP contribution in [0.25, 0.3) is 0 Å². The van der Waals surface area contributed by atoms with E-state index in [0.29, 0.717) is 5.71 Å². The van der Waals surface area contributed by atoms with Crippen molar-refractivity contribution in [1.29, 1.82) is 0 Å². The number of rotatable bonds is 2. The van der Waals surface area contributed by atoms with Gasteiger partial charge in [-0.25, -0.2) is 0 Å². The lowest BCUT2D eigenvalue weighted by Gasteiger charge is -1.99. The summed E-state index contributed by atoms with van der Waals surface area (Å²) in [5.74, 6) is 0.181. The van der Waals surface area contributed by atoms with Crippen LogP contribution < -0.4 is 0 Å². The van der Waals surface area contributed by atoms with Crippen LogP contribution in [0.3, 0.4) is 0 Å². The first-order chi connectivity index (χ1) is 3.72. The quantitative estimate of drug-likeness (QED) is 0.251. The molecule has 0 aliphatic carbocycles. The molecule has 0 saturated carbocycles. The highest BCUT2D eigenvalue weighted by atomic mass is 16.4. The Kier molecular flexibility index (Phi) is 2.92. The molecule has 0 amide bonds. The molecule has 2 nitrogen and oxygen atoms in total. The van der Waals surface area contributed by atoms with Crippen LogP contribution in [0.15, 0.2) is 17.8 Å². The van der Waals surface area contributed by atoms with Crippen LogP contribution in [0.4, 0.5) is 0 Å². The molecule has 0 aromatic rings. The standard InChI is InChI=1S/C6H11NO/c1-4-5(2)6(3)7-8/h4-5,8H,1H2,2-3H3. The van der Waals surface area contributed by atoms with Gasteiger partial charge < -0.3 is 5.21 Å². The molecule has 0 aliphatic rings. The first kappa shape index (κ1) is 7.21. The maximum atomic E-state index is 8.18. The van der Waals surface area contributed by atoms with E-state index in [1.807, 2.05) is 6.92 Å². The molecule has 0 rings (SSSR count). The van der Waals surface area contributed by atoms with Crippen molar-refractivity contribution in [2.45, 2.75) is 13.8 Å². The highest BCUT2D eigenvalue weighted by Gasteiger charge is 1.97. The van der Waals surface area contributed by atoms with Crippen LogP contribution in [0.2, 0.25) is 0 Å². The molecular weight excluding hydrogens is 102 g/mol. The molecule has 1 atom stereocenters. The van der Waals surface area contributed by atoms with Gasteiger partial charge in [0.2, 0.25) is 0 Å². The molecule has 0 radical (unpaired) electrons. The number of oxime groups is 1. The second-order valence-electron chi connectivity index (χ2n) is 1.77. The SMILES string of the molecule is C=CC(C)C(C)=NO. The lowest BCUT2D eigenvalue weighted by atomic mass is 10.1. The van der Waals surface area contributed by atoms with Crippen LogP contribution in [0, 0.1) is 5.92 Å². The Morgan fingerprint density at radius 2 is 2.38 bits per heavy atom. The fourth-order valence-corrected chi connectivity index (χ4v) is 0.262. The van der Waals surface area contributed by atoms with Gasteiger partial charge in [-0.1, -0.05) is 18.2 Å². The normalized spacial score (nSPS) is 15.5. The van der Waals surface area contributed by atoms with Crippen molar-refractivity contribution in [3.05, 3.63) is 12.7 Å². The van der Waals surface area contributed by atoms with Crippen LogP contribution in [-0.4, -0.2) is 10.9 Å². The van der Waals surface area contributed by atoms with Gasteiger partial charge >= 0.3 is 0 Å². The average molecular weight is 113 g/mol. The zero-order chi connectivity index (χ0) is 6.57. The Labute approximate surface area is 49.5 Å². The highest BCUT2D eigenvalue weighted by molar-refractivity contribution is 5.84. The van der Waals surface area contributed by atoms with E-state index in [1.165, 1.54) is 0 Å². The van der Waals surface area contributed by atoms with Crippen molar-refractivity contribution >= 4 is 5.71 Å². The van der Waals surface area contributed by atoms with Gasteiger partial charge in [0.15, 0.2) is 0 Å². The van der Waals surface area contributed by atoms with Gasteiger partial charge in [0.25, 0.3) is 0 Å². The van der Waals surface area contributed by atoms with E-state index < -0.39 is 0 Å². The second kappa shape index (κ2) is 3.24. The third-order valence-electron chi connectivity index (χ3n) is 1.17. The summed E-state index contributed by atoms with van der Waals surface area (Å²) in [7, 11) is 0. The lowest BCUT2D eigenvalue weighted by Crippen LogP contribution is -2.01. The second-order valence-corrected chi connectivity index (χ2v) is 1.77. The summed E-state index contributed by atoms with van der Waals surface area (Å²) in [6.45, 7) is 7.21. The Hall–Kier alpha value is -0.790. The molecule has 46 valence electrons. The van der Waals surface area contributed by atoms with Gasteiger partial charge in [0.05, 0.1) is 5.71 Å². The van der Waals surface area contributed by atoms with E-state index in [0.717, 1.165) is 0 Å². The van der Waals surface area contributed by atoms with E-state index >= 15 is 0 Å². The zero-order valence-corrected chi connectivity index (χ0v) is 5.26. The maximum Gasteiger partial charge on any atom is 0.0605 e. The summed E-state index contributed by atoms with van der Waals surface area (Å²) >= 11 is 0. The van der Waals surface area contributed by atoms with Crippen molar-refractivity contribution in [2.75, 3.05) is 0 Å². The van der Waals surface area contributed by atoms with Gasteiger partial charge in [-0.05, 0) is 6.92 Å². The number of allylic oxidation sites excluding steroid dienone is 1. The third-order valence-corrected chi connectivity index (χ3v) is 1.17. The minimum absolute atomic E-state index is 0.181. The molecule has 2 heteroatoms. The summed E-state index contributed by atoms with van der Waals surface area (Å²) in [5, 5.41) is 11.2. The molecule has 1 N–H and O–H groups in total. The van der Waals surface area contributed by atoms with Crippen LogP contribution in [0.5, 0.6) is 0 Å². The number of nitrogens with zero attached hydrogens (tertiary/aromatic N) is 1. The lowest BCUT2D eigenvalue weighted by molar-refractivity contribution is 0.316. The number of hydrogen-bond donors (Lipinski definition) is 1. The van der Waals surface area contributed by atoms with Crippen molar-refractivity contribution in [3.8, 4) is 0 Å². The molecule has 8 heavy (non-hydrogen) atoms. The predicted molar refractivity (Wildman–Crippen MR) is 34.3 cm³/mol. The highest BCUT2D eigenvalue weighted by Crippen LogP contribution is 1.97. The van der Waals surface area contributed by atoms with Crippen molar-refractivity contribution < 1.29 is 5.21 Å². The van der Waals surface area contributed by atoms with Crippen LogP contribution >= 0.6 is 0 Å². The Bertz CT molecular complexity index is 107. The van der Waals surface area contributed by atoms with Crippen molar-refractivity contribution in [3.63, 3.8) is 0 Å². The Morgan fingerprint density at radius 3 is 2.50 bits per heavy atom. The van der Waals surface area contributed by atoms with Crippen LogP contribution in [-0.2, 0) is 0 Å². The summed E-state index contributed by atoms with van der Waals surface area (Å²) in [5.41, 5.74) is 0.694. The van der Waals surface area contributed by atoms with E-state index in [2.05, 4.69) is 11.7 Å². The fourth-order valence-electron chi connectivity index (χ4n) is 0.262. The zero-order valence-electron chi connectivity index (χ0n) is 5.26. The molecule has 0 aromatic heterocycles. The first-order valence-corrected chi connectivity index (χ1v) is 2.53. The molecule has 0 bridgehead atoms. The molecule has 0 fully saturated rings. The Balaban J connectivity index is 3.81. The molecular formula is C6H11NO. The van der Waals surface area contributed by atoms with Gasteiger partial charge in [-0.15, -0.1) is 6.58 Å². The largest absolute Gasteiger partial charge is 0.411 e. The summed E-state index contributed by atoms with van der Waals surface area (Å²) in [4.78, 5) is 0. The summed E-state index contributed by atoms with van der Waals surface area (Å²) < 4.78 is 0. The minimum atomic E-state index is 0.181. The van der Waals surface area contributed by atoms with Gasteiger partial charge in [-0.2, -0.15) is 0 Å². The minimum Gasteiger partial charge on any atom is -0.411 e. The molecule has 0 aromatic carbocycles. The monoisotopic (exact) mass is 113 g/mol.